The van der Waals surface area contributed by atoms with Gasteiger partial charge in [-0.3, -0.25) is 15.1 Å². The number of urea groups is 1. The molecule has 2 aromatic rings. The van der Waals surface area contributed by atoms with E-state index in [1.165, 1.54) is 11.3 Å². The van der Waals surface area contributed by atoms with Crippen LogP contribution in [0.4, 0.5) is 15.3 Å². The summed E-state index contributed by atoms with van der Waals surface area (Å²) in [7, 11) is 3.92. The predicted molar refractivity (Wildman–Crippen MR) is 139 cm³/mol. The number of nitrogens with one attached hydrogen (secondary N) is 2. The SMILES string of the molecule is CC(C)NC(=O)N(CCN(C)C)Cc1ccc(C(=O)Cc2cscc2NC(=O)OC(C)(C)C)nc1. The summed E-state index contributed by atoms with van der Waals surface area (Å²) in [6.07, 6.45) is 1.17. The van der Waals surface area contributed by atoms with Crippen LogP contribution in [0.2, 0.25) is 0 Å². The highest BCUT2D eigenvalue weighted by Gasteiger charge is 2.20. The van der Waals surface area contributed by atoms with Crippen LogP contribution in [0.3, 0.4) is 0 Å². The topological polar surface area (TPSA) is 104 Å². The minimum Gasteiger partial charge on any atom is -0.444 e. The number of ketones is 1. The fourth-order valence-electron chi connectivity index (χ4n) is 3.06. The van der Waals surface area contributed by atoms with Gasteiger partial charge >= 0.3 is 12.1 Å². The first-order valence-electron chi connectivity index (χ1n) is 11.6. The summed E-state index contributed by atoms with van der Waals surface area (Å²) in [6.45, 7) is 10.9. The summed E-state index contributed by atoms with van der Waals surface area (Å²) in [4.78, 5) is 45.6. The highest BCUT2D eigenvalue weighted by atomic mass is 32.1. The Morgan fingerprint density at radius 3 is 2.40 bits per heavy atom. The van der Waals surface area contributed by atoms with Gasteiger partial charge in [-0.25, -0.2) is 9.59 Å². The van der Waals surface area contributed by atoms with E-state index in [1.54, 1.807) is 43.3 Å². The quantitative estimate of drug-likeness (QED) is 0.466. The van der Waals surface area contributed by atoms with E-state index in [-0.39, 0.29) is 24.3 Å². The molecule has 9 nitrogen and oxygen atoms in total. The zero-order valence-electron chi connectivity index (χ0n) is 21.7. The molecule has 192 valence electrons. The van der Waals surface area contributed by atoms with Crippen molar-refractivity contribution in [1.29, 1.82) is 0 Å². The van der Waals surface area contributed by atoms with Gasteiger partial charge in [0.25, 0.3) is 0 Å². The largest absolute Gasteiger partial charge is 0.444 e. The Balaban J connectivity index is 2.03. The molecule has 2 aromatic heterocycles. The van der Waals surface area contributed by atoms with E-state index in [0.717, 1.165) is 12.1 Å². The molecule has 2 rings (SSSR count). The Morgan fingerprint density at radius 1 is 1.11 bits per heavy atom. The van der Waals surface area contributed by atoms with Crippen molar-refractivity contribution in [3.8, 4) is 0 Å². The third-order valence-electron chi connectivity index (χ3n) is 4.73. The minimum absolute atomic E-state index is 0.0364. The van der Waals surface area contributed by atoms with Crippen LogP contribution in [0.25, 0.3) is 0 Å². The summed E-state index contributed by atoms with van der Waals surface area (Å²) in [5, 5.41) is 9.24. The number of ether oxygens (including phenoxy) is 1. The van der Waals surface area contributed by atoms with Gasteiger partial charge in [0.05, 0.1) is 5.69 Å². The van der Waals surface area contributed by atoms with E-state index >= 15 is 0 Å². The number of nitrogens with zero attached hydrogens (tertiary/aromatic N) is 3. The first-order valence-corrected chi connectivity index (χ1v) is 12.5. The number of carbonyl (C=O) groups is 3. The molecule has 0 aliphatic carbocycles. The third kappa shape index (κ3) is 10.0. The van der Waals surface area contributed by atoms with Gasteiger partial charge in [-0.2, -0.15) is 0 Å². The van der Waals surface area contributed by atoms with Crippen LogP contribution in [0, 0.1) is 0 Å². The van der Waals surface area contributed by atoms with Crippen LogP contribution < -0.4 is 10.6 Å². The van der Waals surface area contributed by atoms with Gasteiger partial charge in [-0.1, -0.05) is 6.07 Å². The summed E-state index contributed by atoms with van der Waals surface area (Å²) >= 11 is 1.40. The lowest BCUT2D eigenvalue weighted by Crippen LogP contribution is -2.45. The molecule has 0 saturated heterocycles. The molecule has 0 unspecified atom stereocenters. The van der Waals surface area contributed by atoms with Crippen molar-refractivity contribution in [1.82, 2.24) is 20.1 Å². The van der Waals surface area contributed by atoms with Gasteiger partial charge in [-0.15, -0.1) is 11.3 Å². The lowest BCUT2D eigenvalue weighted by molar-refractivity contribution is 0.0635. The van der Waals surface area contributed by atoms with Crippen molar-refractivity contribution in [3.05, 3.63) is 45.9 Å². The molecule has 0 spiro atoms. The second-order valence-corrected chi connectivity index (χ2v) is 10.7. The summed E-state index contributed by atoms with van der Waals surface area (Å²) in [6, 6.07) is 3.40. The van der Waals surface area contributed by atoms with Gasteiger partial charge in [0.1, 0.15) is 11.3 Å². The number of amides is 3. The smallest absolute Gasteiger partial charge is 0.412 e. The fraction of sp³-hybridized carbons (Fsp3) is 0.520. The molecule has 0 radical (unpaired) electrons. The number of anilines is 1. The van der Waals surface area contributed by atoms with Crippen molar-refractivity contribution in [2.24, 2.45) is 0 Å². The number of carbonyl (C=O) groups excluding carboxylic acids is 3. The van der Waals surface area contributed by atoms with Gasteiger partial charge in [0.2, 0.25) is 0 Å². The monoisotopic (exact) mass is 503 g/mol. The van der Waals surface area contributed by atoms with Crippen molar-refractivity contribution in [2.45, 2.75) is 59.2 Å². The van der Waals surface area contributed by atoms with Gasteiger partial charge in [0, 0.05) is 43.7 Å². The van der Waals surface area contributed by atoms with Crippen LogP contribution in [-0.4, -0.2) is 71.5 Å². The van der Waals surface area contributed by atoms with Crippen LogP contribution in [-0.2, 0) is 17.7 Å². The summed E-state index contributed by atoms with van der Waals surface area (Å²) in [5.41, 5.74) is 1.81. The maximum Gasteiger partial charge on any atom is 0.412 e. The molecule has 0 aliphatic heterocycles. The van der Waals surface area contributed by atoms with Crippen LogP contribution in [0.5, 0.6) is 0 Å². The lowest BCUT2D eigenvalue weighted by atomic mass is 10.1. The van der Waals surface area contributed by atoms with E-state index in [0.29, 0.717) is 30.0 Å². The van der Waals surface area contributed by atoms with Gasteiger partial charge in [0.15, 0.2) is 5.78 Å². The average Bonchev–Trinajstić information content (AvgIpc) is 3.15. The maximum atomic E-state index is 12.8. The molecule has 2 heterocycles. The van der Waals surface area contributed by atoms with Crippen LogP contribution >= 0.6 is 11.3 Å². The number of pyridine rings is 1. The van der Waals surface area contributed by atoms with E-state index in [9.17, 15) is 14.4 Å². The summed E-state index contributed by atoms with van der Waals surface area (Å²) in [5.74, 6) is -0.163. The first-order chi connectivity index (χ1) is 16.3. The maximum absolute atomic E-state index is 12.8. The molecule has 10 heteroatoms. The second-order valence-electron chi connectivity index (χ2n) is 9.92. The molecule has 0 aliphatic rings. The number of likely N-dealkylation sites (N-methyl/N-ethyl adjacent to an activating group) is 1. The van der Waals surface area contributed by atoms with Gasteiger partial charge < -0.3 is 19.9 Å². The van der Waals surface area contributed by atoms with E-state index < -0.39 is 11.7 Å². The van der Waals surface area contributed by atoms with Crippen molar-refractivity contribution in [3.63, 3.8) is 0 Å². The van der Waals surface area contributed by atoms with Crippen molar-refractivity contribution < 1.29 is 19.1 Å². The van der Waals surface area contributed by atoms with E-state index in [2.05, 4.69) is 15.6 Å². The van der Waals surface area contributed by atoms with Crippen LogP contribution in [0.1, 0.15) is 56.2 Å². The number of hydrogen-bond donors (Lipinski definition) is 2. The molecule has 0 aromatic carbocycles. The Morgan fingerprint density at radius 2 is 1.83 bits per heavy atom. The Kier molecular flexibility index (Phi) is 10.2. The number of hydrogen-bond acceptors (Lipinski definition) is 7. The predicted octanol–water partition coefficient (Wildman–Crippen LogP) is 4.40. The zero-order valence-corrected chi connectivity index (χ0v) is 22.5. The summed E-state index contributed by atoms with van der Waals surface area (Å²) < 4.78 is 5.29. The molecule has 0 atom stereocenters. The number of Topliss-reactive ketones (excluding diaryl/α,β-unsaturated/α-hetero) is 1. The minimum atomic E-state index is -0.612. The molecular weight excluding hydrogens is 466 g/mol. The zero-order chi connectivity index (χ0) is 26.2. The number of aromatic nitrogens is 1. The van der Waals surface area contributed by atoms with E-state index in [4.69, 9.17) is 4.74 Å². The average molecular weight is 504 g/mol. The van der Waals surface area contributed by atoms with Gasteiger partial charge in [-0.05, 0) is 71.3 Å². The second kappa shape index (κ2) is 12.6. The number of thiophene rings is 1. The molecule has 35 heavy (non-hydrogen) atoms. The Labute approximate surface area is 211 Å². The molecule has 0 fully saturated rings. The first kappa shape index (κ1) is 28.3. The van der Waals surface area contributed by atoms with E-state index in [1.807, 2.05) is 44.3 Å². The normalized spacial score (nSPS) is 11.5. The van der Waals surface area contributed by atoms with Crippen LogP contribution in [0.15, 0.2) is 29.1 Å². The lowest BCUT2D eigenvalue weighted by Gasteiger charge is -2.25. The molecule has 0 bridgehead atoms. The Bertz CT molecular complexity index is 996. The number of rotatable bonds is 10. The highest BCUT2D eigenvalue weighted by molar-refractivity contribution is 7.08. The highest BCUT2D eigenvalue weighted by Crippen LogP contribution is 2.23. The molecule has 0 saturated carbocycles. The third-order valence-corrected chi connectivity index (χ3v) is 5.52. The standard InChI is InChI=1S/C25H37N5O4S/c1-17(2)27-23(32)30(11-10-29(6)7)14-18-8-9-20(26-13-18)22(31)12-19-15-35-16-21(19)28-24(33)34-25(3,4)5/h8-9,13,15-17H,10-12,14H2,1-7H3,(H,27,32)(H,28,33). The molecule has 2 N–H and O–H groups in total. The molecular formula is C25H37N5O4S. The Hall–Kier alpha value is -2.98. The van der Waals surface area contributed by atoms with Crippen molar-refractivity contribution >= 4 is 34.9 Å². The molecule has 3 amide bonds. The van der Waals surface area contributed by atoms with Crippen molar-refractivity contribution in [2.75, 3.05) is 32.5 Å². The fourth-order valence-corrected chi connectivity index (χ4v) is 3.85.